The molecule has 0 aromatic carbocycles. The number of hydrogen-bond donors (Lipinski definition) is 0. The second-order valence-corrected chi connectivity index (χ2v) is 4.74. The standard InChI is InChI=1S/C10H10O2S2/c1-11-9-5-3-7(13-9)8-4-6-10(12-2)14-8/h3-6H,1-2H3. The molecule has 0 unspecified atom stereocenters. The van der Waals surface area contributed by atoms with Gasteiger partial charge in [-0.15, -0.1) is 0 Å². The minimum atomic E-state index is 0.937. The molecule has 0 aliphatic heterocycles. The fourth-order valence-electron chi connectivity index (χ4n) is 1.12. The van der Waals surface area contributed by atoms with E-state index in [4.69, 9.17) is 9.47 Å². The molecule has 0 bridgehead atoms. The van der Waals surface area contributed by atoms with Gasteiger partial charge in [-0.1, -0.05) is 22.7 Å². The normalized spacial score (nSPS) is 10.1. The topological polar surface area (TPSA) is 18.5 Å². The van der Waals surface area contributed by atoms with Crippen molar-refractivity contribution in [3.05, 3.63) is 24.3 Å². The van der Waals surface area contributed by atoms with Gasteiger partial charge in [0.15, 0.2) is 10.1 Å². The highest BCUT2D eigenvalue weighted by Gasteiger charge is 2.06. The lowest BCUT2D eigenvalue weighted by Gasteiger charge is -1.91. The Kier molecular flexibility index (Phi) is 2.74. The van der Waals surface area contributed by atoms with E-state index in [9.17, 15) is 0 Å². The monoisotopic (exact) mass is 226 g/mol. The summed E-state index contributed by atoms with van der Waals surface area (Å²) in [7, 11) is 3.37. The van der Waals surface area contributed by atoms with Crippen molar-refractivity contribution < 1.29 is 9.47 Å². The maximum atomic E-state index is 5.14. The van der Waals surface area contributed by atoms with Crippen LogP contribution in [0, 0.1) is 0 Å². The second-order valence-electron chi connectivity index (χ2n) is 2.65. The van der Waals surface area contributed by atoms with Gasteiger partial charge in [0.05, 0.1) is 14.2 Å². The molecular formula is C10H10O2S2. The smallest absolute Gasteiger partial charge is 0.173 e. The maximum absolute atomic E-state index is 5.14. The lowest BCUT2D eigenvalue weighted by Crippen LogP contribution is -1.73. The highest BCUT2D eigenvalue weighted by Crippen LogP contribution is 2.38. The zero-order valence-electron chi connectivity index (χ0n) is 7.94. The van der Waals surface area contributed by atoms with Gasteiger partial charge in [0.1, 0.15) is 0 Å². The summed E-state index contributed by atoms with van der Waals surface area (Å²) in [5.74, 6) is 0. The summed E-state index contributed by atoms with van der Waals surface area (Å²) >= 11 is 3.28. The minimum absolute atomic E-state index is 0.937. The van der Waals surface area contributed by atoms with Crippen molar-refractivity contribution >= 4 is 22.7 Å². The van der Waals surface area contributed by atoms with Crippen molar-refractivity contribution in [1.29, 1.82) is 0 Å². The third-order valence-electron chi connectivity index (χ3n) is 1.81. The molecule has 0 radical (unpaired) electrons. The Bertz CT molecular complexity index is 377. The Morgan fingerprint density at radius 2 is 1.21 bits per heavy atom. The van der Waals surface area contributed by atoms with Gasteiger partial charge in [-0.05, 0) is 24.3 Å². The first-order chi connectivity index (χ1) is 6.83. The van der Waals surface area contributed by atoms with Crippen LogP contribution in [0.5, 0.6) is 10.1 Å². The molecule has 0 N–H and O–H groups in total. The van der Waals surface area contributed by atoms with Crippen LogP contribution < -0.4 is 9.47 Å². The SMILES string of the molecule is COc1ccc(-c2ccc(OC)s2)s1. The summed E-state index contributed by atoms with van der Waals surface area (Å²) in [6.07, 6.45) is 0. The molecule has 0 atom stereocenters. The van der Waals surface area contributed by atoms with Gasteiger partial charge in [0.2, 0.25) is 0 Å². The molecule has 2 rings (SSSR count). The first kappa shape index (κ1) is 9.55. The van der Waals surface area contributed by atoms with Crippen LogP contribution in [0.3, 0.4) is 0 Å². The largest absolute Gasteiger partial charge is 0.487 e. The number of methoxy groups -OCH3 is 2. The average molecular weight is 226 g/mol. The van der Waals surface area contributed by atoms with E-state index < -0.39 is 0 Å². The van der Waals surface area contributed by atoms with Crippen LogP contribution in [0.25, 0.3) is 9.75 Å². The zero-order chi connectivity index (χ0) is 9.97. The summed E-state index contributed by atoms with van der Waals surface area (Å²) in [6.45, 7) is 0. The van der Waals surface area contributed by atoms with Crippen LogP contribution in [0.2, 0.25) is 0 Å². The van der Waals surface area contributed by atoms with Gasteiger partial charge < -0.3 is 9.47 Å². The molecule has 0 aliphatic rings. The number of hydrogen-bond acceptors (Lipinski definition) is 4. The van der Waals surface area contributed by atoms with Crippen molar-refractivity contribution in [2.45, 2.75) is 0 Å². The van der Waals surface area contributed by atoms with E-state index in [2.05, 4.69) is 12.1 Å². The van der Waals surface area contributed by atoms with Gasteiger partial charge in [-0.3, -0.25) is 0 Å². The quantitative estimate of drug-likeness (QED) is 0.797. The Labute approximate surface area is 90.7 Å². The van der Waals surface area contributed by atoms with Crippen LogP contribution in [0.15, 0.2) is 24.3 Å². The Morgan fingerprint density at radius 3 is 1.50 bits per heavy atom. The van der Waals surface area contributed by atoms with Crippen LogP contribution in [0.4, 0.5) is 0 Å². The van der Waals surface area contributed by atoms with Gasteiger partial charge in [-0.2, -0.15) is 0 Å². The molecule has 2 nitrogen and oxygen atoms in total. The van der Waals surface area contributed by atoms with E-state index in [0.29, 0.717) is 0 Å². The van der Waals surface area contributed by atoms with Gasteiger partial charge in [-0.25, -0.2) is 0 Å². The summed E-state index contributed by atoms with van der Waals surface area (Å²) in [5, 5.41) is 1.87. The lowest BCUT2D eigenvalue weighted by molar-refractivity contribution is 0.427. The first-order valence-electron chi connectivity index (χ1n) is 4.11. The fraction of sp³-hybridized carbons (Fsp3) is 0.200. The molecule has 0 aliphatic carbocycles. The van der Waals surface area contributed by atoms with E-state index in [1.54, 1.807) is 36.9 Å². The fourth-order valence-corrected chi connectivity index (χ4v) is 2.86. The Hall–Kier alpha value is -1.00. The van der Waals surface area contributed by atoms with Gasteiger partial charge >= 0.3 is 0 Å². The third-order valence-corrected chi connectivity index (χ3v) is 4.10. The second kappa shape index (κ2) is 4.02. The molecular weight excluding hydrogens is 216 g/mol. The lowest BCUT2D eigenvalue weighted by atomic mass is 10.4. The summed E-state index contributed by atoms with van der Waals surface area (Å²) in [6, 6.07) is 8.09. The van der Waals surface area contributed by atoms with E-state index >= 15 is 0 Å². The Balaban J connectivity index is 2.29. The van der Waals surface area contributed by atoms with Crippen molar-refractivity contribution in [2.75, 3.05) is 14.2 Å². The van der Waals surface area contributed by atoms with Crippen molar-refractivity contribution in [1.82, 2.24) is 0 Å². The third kappa shape index (κ3) is 1.76. The van der Waals surface area contributed by atoms with Crippen LogP contribution >= 0.6 is 22.7 Å². The minimum Gasteiger partial charge on any atom is -0.487 e. The Morgan fingerprint density at radius 1 is 0.786 bits per heavy atom. The molecule has 0 saturated carbocycles. The molecule has 0 fully saturated rings. The highest BCUT2D eigenvalue weighted by atomic mass is 32.1. The van der Waals surface area contributed by atoms with E-state index in [-0.39, 0.29) is 0 Å². The van der Waals surface area contributed by atoms with Gasteiger partial charge in [0.25, 0.3) is 0 Å². The van der Waals surface area contributed by atoms with E-state index in [0.717, 1.165) is 10.1 Å². The van der Waals surface area contributed by atoms with Crippen LogP contribution in [-0.2, 0) is 0 Å². The van der Waals surface area contributed by atoms with Crippen LogP contribution in [0.1, 0.15) is 0 Å². The molecule has 14 heavy (non-hydrogen) atoms. The van der Waals surface area contributed by atoms with Crippen molar-refractivity contribution in [3.63, 3.8) is 0 Å². The summed E-state index contributed by atoms with van der Waals surface area (Å²) in [5.41, 5.74) is 0. The molecule has 2 aromatic rings. The molecule has 74 valence electrons. The maximum Gasteiger partial charge on any atom is 0.173 e. The highest BCUT2D eigenvalue weighted by molar-refractivity contribution is 7.23. The summed E-state index contributed by atoms with van der Waals surface area (Å²) in [4.78, 5) is 2.44. The molecule has 0 amide bonds. The first-order valence-corrected chi connectivity index (χ1v) is 5.75. The van der Waals surface area contributed by atoms with Gasteiger partial charge in [0, 0.05) is 9.75 Å². The molecule has 2 heterocycles. The average Bonchev–Trinajstić information content (AvgIpc) is 2.86. The summed E-state index contributed by atoms with van der Waals surface area (Å²) < 4.78 is 10.3. The van der Waals surface area contributed by atoms with Crippen LogP contribution in [-0.4, -0.2) is 14.2 Å². The van der Waals surface area contributed by atoms with E-state index in [1.165, 1.54) is 9.75 Å². The number of thiophene rings is 2. The van der Waals surface area contributed by atoms with Crippen molar-refractivity contribution in [2.24, 2.45) is 0 Å². The zero-order valence-corrected chi connectivity index (χ0v) is 9.58. The number of rotatable bonds is 3. The predicted octanol–water partition coefficient (Wildman–Crippen LogP) is 3.49. The molecule has 4 heteroatoms. The van der Waals surface area contributed by atoms with Crippen molar-refractivity contribution in [3.8, 4) is 19.9 Å². The number of ether oxygens (including phenoxy) is 2. The molecule has 0 saturated heterocycles. The molecule has 2 aromatic heterocycles. The van der Waals surface area contributed by atoms with E-state index in [1.807, 2.05) is 12.1 Å². The predicted molar refractivity (Wildman–Crippen MR) is 60.7 cm³/mol. The molecule has 0 spiro atoms.